The molecule has 11 rings (SSSR count). The minimum absolute atomic E-state index is 0.0985. The third kappa shape index (κ3) is 2.84. The molecule has 3 heteroatoms. The van der Waals surface area contributed by atoms with E-state index in [0.717, 1.165) is 11.2 Å². The number of rotatable bonds is 1. The Morgan fingerprint density at radius 2 is 1.24 bits per heavy atom. The zero-order chi connectivity index (χ0) is 29.8. The molecule has 0 bridgehead atoms. The van der Waals surface area contributed by atoms with Crippen molar-refractivity contribution in [2.45, 2.75) is 26.2 Å². The van der Waals surface area contributed by atoms with Gasteiger partial charge in [0.25, 0.3) is 0 Å². The maximum absolute atomic E-state index is 6.79. The molecule has 0 amide bonds. The van der Waals surface area contributed by atoms with Gasteiger partial charge in [-0.05, 0) is 102 Å². The molecule has 45 heavy (non-hydrogen) atoms. The fraction of sp³-hybridized carbons (Fsp3) is 0.0952. The Bertz CT molecular complexity index is 2640. The summed E-state index contributed by atoms with van der Waals surface area (Å²) in [6.07, 6.45) is 0. The van der Waals surface area contributed by atoms with Crippen LogP contribution in [-0.2, 0) is 5.41 Å². The van der Waals surface area contributed by atoms with Gasteiger partial charge in [0.1, 0.15) is 11.2 Å². The van der Waals surface area contributed by atoms with Gasteiger partial charge >= 0.3 is 0 Å². The second-order valence-electron chi connectivity index (χ2n) is 14.1. The maximum Gasteiger partial charge on any atom is 0.250 e. The molecular formula is C42H28BNO. The predicted octanol–water partition coefficient (Wildman–Crippen LogP) is 9.45. The van der Waals surface area contributed by atoms with Crippen LogP contribution >= 0.6 is 0 Å². The average molecular weight is 574 g/mol. The second kappa shape index (κ2) is 7.86. The van der Waals surface area contributed by atoms with Crippen LogP contribution in [0.15, 0.2) is 120 Å². The first kappa shape index (κ1) is 24.1. The Labute approximate surface area is 261 Å². The van der Waals surface area contributed by atoms with Crippen molar-refractivity contribution in [2.75, 3.05) is 4.90 Å². The molecule has 7 aromatic carbocycles. The van der Waals surface area contributed by atoms with E-state index in [-0.39, 0.29) is 12.1 Å². The Morgan fingerprint density at radius 3 is 1.96 bits per heavy atom. The van der Waals surface area contributed by atoms with Crippen LogP contribution < -0.4 is 21.3 Å². The van der Waals surface area contributed by atoms with E-state index in [1.165, 1.54) is 93.6 Å². The molecule has 3 aliphatic rings. The van der Waals surface area contributed by atoms with Crippen molar-refractivity contribution < 1.29 is 4.42 Å². The van der Waals surface area contributed by atoms with E-state index in [1.54, 1.807) is 0 Å². The third-order valence-electron chi connectivity index (χ3n) is 10.7. The van der Waals surface area contributed by atoms with Crippen LogP contribution in [0.3, 0.4) is 0 Å². The van der Waals surface area contributed by atoms with E-state index >= 15 is 0 Å². The molecule has 0 saturated carbocycles. The number of hydrogen-bond donors (Lipinski definition) is 0. The predicted molar refractivity (Wildman–Crippen MR) is 191 cm³/mol. The van der Waals surface area contributed by atoms with Crippen molar-refractivity contribution in [1.82, 2.24) is 0 Å². The fourth-order valence-corrected chi connectivity index (χ4v) is 8.81. The lowest BCUT2D eigenvalue weighted by molar-refractivity contribution is 0.590. The molecule has 0 unspecified atom stereocenters. The molecule has 0 N–H and O–H groups in total. The Morgan fingerprint density at radius 1 is 0.578 bits per heavy atom. The van der Waals surface area contributed by atoms with Gasteiger partial charge in [0.15, 0.2) is 0 Å². The molecule has 210 valence electrons. The summed E-state index contributed by atoms with van der Waals surface area (Å²) >= 11 is 0. The molecule has 4 heterocycles. The number of hydrogen-bond acceptors (Lipinski definition) is 2. The normalized spacial score (nSPS) is 14.0. The summed E-state index contributed by atoms with van der Waals surface area (Å²) < 4.78 is 6.79. The zero-order valence-corrected chi connectivity index (χ0v) is 25.4. The van der Waals surface area contributed by atoms with E-state index in [9.17, 15) is 0 Å². The van der Waals surface area contributed by atoms with Crippen molar-refractivity contribution >= 4 is 83.6 Å². The van der Waals surface area contributed by atoms with Crippen LogP contribution in [0.5, 0.6) is 0 Å². The number of nitrogens with zero attached hydrogens (tertiary/aromatic N) is 1. The fourth-order valence-electron chi connectivity index (χ4n) is 8.81. The van der Waals surface area contributed by atoms with Crippen LogP contribution in [-0.4, -0.2) is 6.71 Å². The highest BCUT2D eigenvalue weighted by molar-refractivity contribution is 7.04. The van der Waals surface area contributed by atoms with Gasteiger partial charge in [0, 0.05) is 33.4 Å². The molecule has 3 aliphatic heterocycles. The second-order valence-corrected chi connectivity index (χ2v) is 14.1. The van der Waals surface area contributed by atoms with Gasteiger partial charge in [-0.2, -0.15) is 0 Å². The largest absolute Gasteiger partial charge is 0.455 e. The van der Waals surface area contributed by atoms with Gasteiger partial charge in [-0.1, -0.05) is 99.6 Å². The molecular weight excluding hydrogens is 545 g/mol. The minimum Gasteiger partial charge on any atom is -0.455 e. The molecule has 1 aromatic heterocycles. The molecule has 0 spiro atoms. The summed E-state index contributed by atoms with van der Waals surface area (Å²) in [5.41, 5.74) is 16.6. The third-order valence-corrected chi connectivity index (χ3v) is 10.7. The highest BCUT2D eigenvalue weighted by Crippen LogP contribution is 2.49. The summed E-state index contributed by atoms with van der Waals surface area (Å²) in [6.45, 7) is 6.97. The zero-order valence-electron chi connectivity index (χ0n) is 25.4. The Hall–Kier alpha value is -5.28. The first-order valence-electron chi connectivity index (χ1n) is 16.0. The van der Waals surface area contributed by atoms with E-state index < -0.39 is 0 Å². The molecule has 0 saturated heterocycles. The van der Waals surface area contributed by atoms with Crippen molar-refractivity contribution in [3.8, 4) is 22.3 Å². The van der Waals surface area contributed by atoms with Gasteiger partial charge in [0.2, 0.25) is 6.71 Å². The maximum atomic E-state index is 6.79. The molecule has 0 fully saturated rings. The summed E-state index contributed by atoms with van der Waals surface area (Å²) in [6, 6.07) is 43.2. The molecule has 2 nitrogen and oxygen atoms in total. The lowest BCUT2D eigenvalue weighted by Crippen LogP contribution is -2.61. The summed E-state index contributed by atoms with van der Waals surface area (Å²) in [4.78, 5) is 2.52. The van der Waals surface area contributed by atoms with Crippen molar-refractivity contribution in [1.29, 1.82) is 0 Å². The lowest BCUT2D eigenvalue weighted by atomic mass is 9.29. The van der Waals surface area contributed by atoms with Crippen LogP contribution in [0.25, 0.3) is 65.7 Å². The summed E-state index contributed by atoms with van der Waals surface area (Å²) in [5.74, 6) is 0. The smallest absolute Gasteiger partial charge is 0.250 e. The van der Waals surface area contributed by atoms with Gasteiger partial charge in [-0.3, -0.25) is 0 Å². The standard InChI is InChI=1S/C42H28BNO/c1-42(2,3)25-16-18-26(19-17-25)44-32-20-14-23-8-6-11-28-30-22-31-27-10-4-5-13-34(27)45-41(31)37-29-12-7-9-24-15-21-33(44)40(36(24)29)43(38(30)37)39(32)35(23)28/h4-22H,1-3H3. The van der Waals surface area contributed by atoms with Gasteiger partial charge in [-0.25, -0.2) is 0 Å². The summed E-state index contributed by atoms with van der Waals surface area (Å²) in [7, 11) is 0. The van der Waals surface area contributed by atoms with Gasteiger partial charge < -0.3 is 9.32 Å². The Balaban J connectivity index is 1.35. The summed E-state index contributed by atoms with van der Waals surface area (Å²) in [5, 5.41) is 7.69. The number of furan rings is 1. The number of fused-ring (bicyclic) bond motifs is 6. The highest BCUT2D eigenvalue weighted by Gasteiger charge is 2.46. The SMILES string of the molecule is CC(C)(C)c1ccc(N2c3ccc4cccc5c4c3B3c4c-5cc5c(oc6ccccc65)c4-c4cccc5ccc2c3c45)cc1. The van der Waals surface area contributed by atoms with Crippen LogP contribution in [0.1, 0.15) is 26.3 Å². The number of para-hydroxylation sites is 1. The van der Waals surface area contributed by atoms with Crippen molar-refractivity contribution in [2.24, 2.45) is 0 Å². The van der Waals surface area contributed by atoms with Gasteiger partial charge in [0.05, 0.1) is 0 Å². The molecule has 0 aliphatic carbocycles. The monoisotopic (exact) mass is 573 g/mol. The van der Waals surface area contributed by atoms with E-state index in [4.69, 9.17) is 4.42 Å². The molecule has 0 atom stereocenters. The van der Waals surface area contributed by atoms with E-state index in [2.05, 4.69) is 141 Å². The van der Waals surface area contributed by atoms with Crippen molar-refractivity contribution in [3.63, 3.8) is 0 Å². The average Bonchev–Trinajstić information content (AvgIpc) is 3.44. The van der Waals surface area contributed by atoms with E-state index in [1.807, 2.05) is 0 Å². The van der Waals surface area contributed by atoms with Crippen molar-refractivity contribution in [3.05, 3.63) is 121 Å². The number of anilines is 3. The molecule has 8 aromatic rings. The quantitative estimate of drug-likeness (QED) is 0.182. The first-order chi connectivity index (χ1) is 22.0. The minimum atomic E-state index is 0.0985. The first-order valence-corrected chi connectivity index (χ1v) is 16.0. The topological polar surface area (TPSA) is 16.4 Å². The van der Waals surface area contributed by atoms with Gasteiger partial charge in [-0.15, -0.1) is 0 Å². The lowest BCUT2D eigenvalue weighted by Gasteiger charge is -2.43. The highest BCUT2D eigenvalue weighted by atomic mass is 16.3. The van der Waals surface area contributed by atoms with Crippen LogP contribution in [0.2, 0.25) is 0 Å². The van der Waals surface area contributed by atoms with Crippen LogP contribution in [0, 0.1) is 0 Å². The number of benzene rings is 7. The van der Waals surface area contributed by atoms with Crippen LogP contribution in [0.4, 0.5) is 17.1 Å². The molecule has 0 radical (unpaired) electrons. The Kier molecular flexibility index (Phi) is 4.21. The van der Waals surface area contributed by atoms with E-state index in [0.29, 0.717) is 0 Å².